The van der Waals surface area contributed by atoms with E-state index < -0.39 is 0 Å². The number of aliphatic hydroxyl groups excluding tert-OH is 1. The molecule has 0 aliphatic heterocycles. The van der Waals surface area contributed by atoms with Crippen LogP contribution in [0.4, 0.5) is 0 Å². The van der Waals surface area contributed by atoms with Crippen LogP contribution < -0.4 is 0 Å². The lowest BCUT2D eigenvalue weighted by Crippen LogP contribution is -1.93. The zero-order chi connectivity index (χ0) is 10.4. The average molecular weight is 192 g/mol. The van der Waals surface area contributed by atoms with Crippen molar-refractivity contribution < 1.29 is 5.11 Å². The van der Waals surface area contributed by atoms with Crippen LogP contribution in [0.25, 0.3) is 0 Å². The van der Waals surface area contributed by atoms with Gasteiger partial charge in [-0.25, -0.2) is 0 Å². The maximum absolute atomic E-state index is 8.66. The molecule has 0 aromatic heterocycles. The van der Waals surface area contributed by atoms with E-state index in [0.717, 1.165) is 19.3 Å². The Morgan fingerprint density at radius 2 is 1.86 bits per heavy atom. The number of benzene rings is 1. The maximum Gasteiger partial charge on any atom is 0.0431 e. The molecule has 1 aromatic carbocycles. The van der Waals surface area contributed by atoms with Gasteiger partial charge in [0.1, 0.15) is 0 Å². The number of unbranched alkanes of at least 4 members (excludes halogenated alkanes) is 2. The minimum absolute atomic E-state index is 0.326. The van der Waals surface area contributed by atoms with E-state index in [0.29, 0.717) is 6.61 Å². The van der Waals surface area contributed by atoms with Crippen LogP contribution in [0.15, 0.2) is 18.2 Å². The first-order valence-corrected chi connectivity index (χ1v) is 5.41. The molecule has 0 bridgehead atoms. The Morgan fingerprint density at radius 1 is 1.07 bits per heavy atom. The number of hydrogen-bond acceptors (Lipinski definition) is 1. The van der Waals surface area contributed by atoms with Crippen LogP contribution in [0.2, 0.25) is 0 Å². The Bertz CT molecular complexity index is 279. The van der Waals surface area contributed by atoms with Gasteiger partial charge < -0.3 is 5.11 Å². The van der Waals surface area contributed by atoms with Crippen molar-refractivity contribution in [1.82, 2.24) is 0 Å². The van der Waals surface area contributed by atoms with Gasteiger partial charge in [-0.2, -0.15) is 0 Å². The first-order valence-electron chi connectivity index (χ1n) is 5.41. The SMILES string of the molecule is Cc1cccc(CCCCCO)c1C. The van der Waals surface area contributed by atoms with Crippen LogP contribution in [-0.2, 0) is 6.42 Å². The molecule has 0 amide bonds. The third-order valence-electron chi connectivity index (χ3n) is 2.82. The largest absolute Gasteiger partial charge is 0.396 e. The summed E-state index contributed by atoms with van der Waals surface area (Å²) in [4.78, 5) is 0. The van der Waals surface area contributed by atoms with E-state index in [1.165, 1.54) is 23.1 Å². The third kappa shape index (κ3) is 3.15. The Hall–Kier alpha value is -0.820. The molecule has 0 heterocycles. The molecular formula is C13H20O. The van der Waals surface area contributed by atoms with Crippen LogP contribution in [0.5, 0.6) is 0 Å². The highest BCUT2D eigenvalue weighted by atomic mass is 16.2. The highest BCUT2D eigenvalue weighted by Gasteiger charge is 1.99. The van der Waals surface area contributed by atoms with Crippen LogP contribution >= 0.6 is 0 Å². The summed E-state index contributed by atoms with van der Waals surface area (Å²) in [5.41, 5.74) is 4.27. The monoisotopic (exact) mass is 192 g/mol. The molecule has 1 heteroatoms. The molecule has 0 aliphatic rings. The van der Waals surface area contributed by atoms with Gasteiger partial charge in [0.15, 0.2) is 0 Å². The quantitative estimate of drug-likeness (QED) is 0.711. The van der Waals surface area contributed by atoms with Crippen molar-refractivity contribution in [2.45, 2.75) is 39.5 Å². The predicted molar refractivity (Wildman–Crippen MR) is 60.6 cm³/mol. The third-order valence-corrected chi connectivity index (χ3v) is 2.82. The summed E-state index contributed by atoms with van der Waals surface area (Å²) in [6.45, 7) is 4.68. The van der Waals surface area contributed by atoms with Crippen molar-refractivity contribution >= 4 is 0 Å². The van der Waals surface area contributed by atoms with E-state index in [-0.39, 0.29) is 0 Å². The van der Waals surface area contributed by atoms with E-state index in [4.69, 9.17) is 5.11 Å². The predicted octanol–water partition coefficient (Wildman–Crippen LogP) is 3.01. The van der Waals surface area contributed by atoms with Gasteiger partial charge in [0.25, 0.3) is 0 Å². The second-order valence-electron chi connectivity index (χ2n) is 3.89. The van der Waals surface area contributed by atoms with Gasteiger partial charge in [-0.05, 0) is 49.8 Å². The number of hydrogen-bond donors (Lipinski definition) is 1. The summed E-state index contributed by atoms with van der Waals surface area (Å²) < 4.78 is 0. The van der Waals surface area contributed by atoms with Crippen molar-refractivity contribution in [2.75, 3.05) is 6.61 Å². The van der Waals surface area contributed by atoms with Crippen molar-refractivity contribution in [2.24, 2.45) is 0 Å². The molecule has 0 radical (unpaired) electrons. The Labute approximate surface area is 86.8 Å². The Balaban J connectivity index is 2.46. The summed E-state index contributed by atoms with van der Waals surface area (Å²) in [6.07, 6.45) is 4.40. The normalized spacial score (nSPS) is 10.5. The van der Waals surface area contributed by atoms with Crippen molar-refractivity contribution in [3.8, 4) is 0 Å². The van der Waals surface area contributed by atoms with Crippen molar-refractivity contribution in [1.29, 1.82) is 0 Å². The lowest BCUT2D eigenvalue weighted by molar-refractivity contribution is 0.283. The first-order chi connectivity index (χ1) is 6.75. The number of aryl methyl sites for hydroxylation is 2. The van der Waals surface area contributed by atoms with Crippen molar-refractivity contribution in [3.63, 3.8) is 0 Å². The molecule has 1 N–H and O–H groups in total. The van der Waals surface area contributed by atoms with Gasteiger partial charge in [0.2, 0.25) is 0 Å². The van der Waals surface area contributed by atoms with E-state index in [9.17, 15) is 0 Å². The highest BCUT2D eigenvalue weighted by molar-refractivity contribution is 5.33. The molecule has 0 spiro atoms. The van der Waals surface area contributed by atoms with E-state index >= 15 is 0 Å². The minimum Gasteiger partial charge on any atom is -0.396 e. The second-order valence-corrected chi connectivity index (χ2v) is 3.89. The summed E-state index contributed by atoms with van der Waals surface area (Å²) >= 11 is 0. The zero-order valence-corrected chi connectivity index (χ0v) is 9.21. The lowest BCUT2D eigenvalue weighted by Gasteiger charge is -2.07. The molecule has 0 unspecified atom stereocenters. The Kier molecular flexibility index (Phi) is 4.68. The lowest BCUT2D eigenvalue weighted by atomic mass is 9.99. The molecule has 14 heavy (non-hydrogen) atoms. The van der Waals surface area contributed by atoms with Gasteiger partial charge in [-0.1, -0.05) is 24.6 Å². The smallest absolute Gasteiger partial charge is 0.0431 e. The fourth-order valence-corrected chi connectivity index (χ4v) is 1.69. The fourth-order valence-electron chi connectivity index (χ4n) is 1.69. The Morgan fingerprint density at radius 3 is 2.57 bits per heavy atom. The van der Waals surface area contributed by atoms with Crippen LogP contribution in [0, 0.1) is 13.8 Å². The number of aliphatic hydroxyl groups is 1. The van der Waals surface area contributed by atoms with Crippen LogP contribution in [0.1, 0.15) is 36.0 Å². The number of rotatable bonds is 5. The molecular weight excluding hydrogens is 172 g/mol. The summed E-state index contributed by atoms with van der Waals surface area (Å²) in [7, 11) is 0. The topological polar surface area (TPSA) is 20.2 Å². The molecule has 0 saturated heterocycles. The van der Waals surface area contributed by atoms with Gasteiger partial charge in [0.05, 0.1) is 0 Å². The highest BCUT2D eigenvalue weighted by Crippen LogP contribution is 2.15. The van der Waals surface area contributed by atoms with Crippen molar-refractivity contribution in [3.05, 3.63) is 34.9 Å². The molecule has 0 saturated carbocycles. The van der Waals surface area contributed by atoms with E-state index in [1.54, 1.807) is 0 Å². The van der Waals surface area contributed by atoms with Gasteiger partial charge in [0, 0.05) is 6.61 Å². The second kappa shape index (κ2) is 5.82. The van der Waals surface area contributed by atoms with Gasteiger partial charge in [-0.15, -0.1) is 0 Å². The molecule has 1 nitrogen and oxygen atoms in total. The minimum atomic E-state index is 0.326. The molecule has 1 rings (SSSR count). The molecule has 1 aromatic rings. The summed E-state index contributed by atoms with van der Waals surface area (Å²) in [5.74, 6) is 0. The van der Waals surface area contributed by atoms with Crippen LogP contribution in [-0.4, -0.2) is 11.7 Å². The van der Waals surface area contributed by atoms with E-state index in [2.05, 4.69) is 32.0 Å². The summed E-state index contributed by atoms with van der Waals surface area (Å²) in [6, 6.07) is 6.50. The van der Waals surface area contributed by atoms with Gasteiger partial charge in [-0.3, -0.25) is 0 Å². The van der Waals surface area contributed by atoms with Crippen LogP contribution in [0.3, 0.4) is 0 Å². The van der Waals surface area contributed by atoms with Gasteiger partial charge >= 0.3 is 0 Å². The standard InChI is InChI=1S/C13H20O/c1-11-7-6-9-13(12(11)2)8-4-3-5-10-14/h6-7,9,14H,3-5,8,10H2,1-2H3. The average Bonchev–Trinajstić information content (AvgIpc) is 2.19. The molecule has 0 aliphatic carbocycles. The summed E-state index contributed by atoms with van der Waals surface area (Å²) in [5, 5.41) is 8.66. The zero-order valence-electron chi connectivity index (χ0n) is 9.21. The molecule has 78 valence electrons. The maximum atomic E-state index is 8.66. The molecule has 0 fully saturated rings. The fraction of sp³-hybridized carbons (Fsp3) is 0.538. The molecule has 0 atom stereocenters. The first kappa shape index (κ1) is 11.3. The van der Waals surface area contributed by atoms with E-state index in [1.807, 2.05) is 0 Å².